The summed E-state index contributed by atoms with van der Waals surface area (Å²) in [6.07, 6.45) is 4.99. The lowest BCUT2D eigenvalue weighted by Crippen LogP contribution is -2.23. The fraction of sp³-hybridized carbons (Fsp3) is 0.733. The van der Waals surface area contributed by atoms with Crippen molar-refractivity contribution in [1.29, 1.82) is 0 Å². The summed E-state index contributed by atoms with van der Waals surface area (Å²) in [5.74, 6) is 0.690. The highest BCUT2D eigenvalue weighted by Gasteiger charge is 2.27. The molecule has 0 heterocycles. The summed E-state index contributed by atoms with van der Waals surface area (Å²) in [7, 11) is 0. The number of hydrogen-bond acceptors (Lipinski definition) is 3. The fourth-order valence-corrected chi connectivity index (χ4v) is 2.45. The molecule has 1 aliphatic carbocycles. The molecule has 0 saturated heterocycles. The zero-order valence-electron chi connectivity index (χ0n) is 11.5. The molecule has 1 rings (SSSR count). The van der Waals surface area contributed by atoms with Gasteiger partial charge in [0.25, 0.3) is 0 Å². The highest BCUT2D eigenvalue weighted by atomic mass is 16.5. The molecule has 0 amide bonds. The number of allylic oxidation sites excluding steroid dienone is 1. The number of esters is 1. The van der Waals surface area contributed by atoms with Gasteiger partial charge in [-0.05, 0) is 30.6 Å². The maximum Gasteiger partial charge on any atom is 0.306 e. The largest absolute Gasteiger partial charge is 0.465 e. The van der Waals surface area contributed by atoms with Gasteiger partial charge in [-0.1, -0.05) is 32.4 Å². The topological polar surface area (TPSA) is 43.4 Å². The van der Waals surface area contributed by atoms with Crippen LogP contribution < -0.4 is 0 Å². The molecule has 3 nitrogen and oxygen atoms in total. The van der Waals surface area contributed by atoms with Crippen LogP contribution in [-0.2, 0) is 14.3 Å². The van der Waals surface area contributed by atoms with Crippen LogP contribution in [-0.4, -0.2) is 18.9 Å². The Bertz CT molecular complexity index is 307. The summed E-state index contributed by atoms with van der Waals surface area (Å²) in [5.41, 5.74) is 1.06. The van der Waals surface area contributed by atoms with Crippen LogP contribution in [0.2, 0.25) is 0 Å². The average molecular weight is 252 g/mol. The van der Waals surface area contributed by atoms with Crippen LogP contribution in [0.4, 0.5) is 0 Å². The van der Waals surface area contributed by atoms with Crippen molar-refractivity contribution in [3.05, 3.63) is 12.2 Å². The predicted octanol–water partition coefficient (Wildman–Crippen LogP) is 3.14. The van der Waals surface area contributed by atoms with Crippen LogP contribution in [0.3, 0.4) is 0 Å². The van der Waals surface area contributed by atoms with Crippen molar-refractivity contribution in [2.75, 3.05) is 6.61 Å². The molecule has 1 saturated carbocycles. The van der Waals surface area contributed by atoms with Gasteiger partial charge in [0, 0.05) is 6.42 Å². The third-order valence-electron chi connectivity index (χ3n) is 3.53. The molecule has 0 spiro atoms. The summed E-state index contributed by atoms with van der Waals surface area (Å²) < 4.78 is 5.20. The van der Waals surface area contributed by atoms with Gasteiger partial charge >= 0.3 is 5.97 Å². The van der Waals surface area contributed by atoms with Gasteiger partial charge in [0.2, 0.25) is 0 Å². The van der Waals surface area contributed by atoms with Crippen molar-refractivity contribution >= 4 is 12.3 Å². The zero-order valence-corrected chi connectivity index (χ0v) is 11.5. The molecule has 1 unspecified atom stereocenters. The van der Waals surface area contributed by atoms with Crippen molar-refractivity contribution in [2.45, 2.75) is 46.0 Å². The number of aldehydes is 1. The van der Waals surface area contributed by atoms with Crippen LogP contribution in [0.15, 0.2) is 12.2 Å². The number of hydrogen-bond donors (Lipinski definition) is 0. The van der Waals surface area contributed by atoms with Crippen LogP contribution >= 0.6 is 0 Å². The quantitative estimate of drug-likeness (QED) is 0.414. The molecular weight excluding hydrogens is 228 g/mol. The molecule has 1 fully saturated rings. The maximum absolute atomic E-state index is 11.7. The molecule has 102 valence electrons. The molecule has 0 N–H and O–H groups in total. The smallest absolute Gasteiger partial charge is 0.306 e. The third kappa shape index (κ3) is 4.63. The summed E-state index contributed by atoms with van der Waals surface area (Å²) in [6.45, 7) is 8.60. The molecule has 1 aliphatic rings. The summed E-state index contributed by atoms with van der Waals surface area (Å²) in [6, 6.07) is 0. The highest BCUT2D eigenvalue weighted by Crippen LogP contribution is 2.36. The Balaban J connectivity index is 2.43. The lowest BCUT2D eigenvalue weighted by Gasteiger charge is -2.30. The molecule has 2 atom stereocenters. The van der Waals surface area contributed by atoms with Crippen molar-refractivity contribution in [1.82, 2.24) is 0 Å². The van der Waals surface area contributed by atoms with Crippen LogP contribution in [0.5, 0.6) is 0 Å². The molecule has 0 radical (unpaired) electrons. The van der Waals surface area contributed by atoms with Gasteiger partial charge in [-0.15, -0.1) is 0 Å². The number of carbonyl (C=O) groups is 2. The van der Waals surface area contributed by atoms with Gasteiger partial charge in [-0.25, -0.2) is 0 Å². The first-order chi connectivity index (χ1) is 8.54. The van der Waals surface area contributed by atoms with E-state index in [-0.39, 0.29) is 17.8 Å². The van der Waals surface area contributed by atoms with Gasteiger partial charge in [-0.3, -0.25) is 4.79 Å². The van der Waals surface area contributed by atoms with Gasteiger partial charge in [0.05, 0.1) is 13.0 Å². The Morgan fingerprint density at radius 2 is 2.11 bits per heavy atom. The van der Waals surface area contributed by atoms with Crippen molar-refractivity contribution < 1.29 is 14.3 Å². The summed E-state index contributed by atoms with van der Waals surface area (Å²) in [4.78, 5) is 22.3. The average Bonchev–Trinajstić information content (AvgIpc) is 2.32. The number of ether oxygens (including phenoxy) is 1. The molecule has 0 bridgehead atoms. The van der Waals surface area contributed by atoms with E-state index in [9.17, 15) is 9.59 Å². The number of rotatable bonds is 6. The van der Waals surface area contributed by atoms with E-state index in [4.69, 9.17) is 4.74 Å². The van der Waals surface area contributed by atoms with E-state index in [0.717, 1.165) is 31.1 Å². The van der Waals surface area contributed by atoms with E-state index in [1.54, 1.807) is 0 Å². The first-order valence-corrected chi connectivity index (χ1v) is 6.82. The van der Waals surface area contributed by atoms with E-state index >= 15 is 0 Å². The number of carbonyl (C=O) groups excluding carboxylic acids is 2. The van der Waals surface area contributed by atoms with Gasteiger partial charge in [0.15, 0.2) is 0 Å². The molecule has 18 heavy (non-hydrogen) atoms. The van der Waals surface area contributed by atoms with Crippen molar-refractivity contribution in [3.8, 4) is 0 Å². The van der Waals surface area contributed by atoms with Gasteiger partial charge in [-0.2, -0.15) is 0 Å². The minimum absolute atomic E-state index is 0.137. The molecule has 0 aromatic heterocycles. The predicted molar refractivity (Wildman–Crippen MR) is 71.1 cm³/mol. The molecule has 0 aromatic rings. The Morgan fingerprint density at radius 1 is 1.44 bits per heavy atom. The summed E-state index contributed by atoms with van der Waals surface area (Å²) >= 11 is 0. The van der Waals surface area contributed by atoms with Crippen LogP contribution in [0.25, 0.3) is 0 Å². The second-order valence-corrected chi connectivity index (χ2v) is 5.58. The Labute approximate surface area is 110 Å². The SMILES string of the molecule is C=C1C(CC=O)CCC[C@H]1CC(=O)OCC(C)C. The van der Waals surface area contributed by atoms with Crippen LogP contribution in [0, 0.1) is 17.8 Å². The minimum atomic E-state index is -0.137. The van der Waals surface area contributed by atoms with Crippen molar-refractivity contribution in [3.63, 3.8) is 0 Å². The molecule has 0 aromatic carbocycles. The van der Waals surface area contributed by atoms with E-state index in [2.05, 4.69) is 6.58 Å². The maximum atomic E-state index is 11.7. The molecule has 3 heteroatoms. The molecular formula is C15H24O3. The Morgan fingerprint density at radius 3 is 2.72 bits per heavy atom. The first-order valence-electron chi connectivity index (χ1n) is 6.82. The van der Waals surface area contributed by atoms with E-state index < -0.39 is 0 Å². The van der Waals surface area contributed by atoms with E-state index in [1.165, 1.54) is 0 Å². The third-order valence-corrected chi connectivity index (χ3v) is 3.53. The normalized spacial score (nSPS) is 24.1. The van der Waals surface area contributed by atoms with Crippen molar-refractivity contribution in [2.24, 2.45) is 17.8 Å². The standard InChI is InChI=1S/C15H24O3/c1-11(2)10-18-15(17)9-14-6-4-5-13(7-8-16)12(14)3/h8,11,13-14H,3-7,9-10H2,1-2H3/t13?,14-/m0/s1. The second kappa shape index (κ2) is 7.34. The first kappa shape index (κ1) is 14.9. The lowest BCUT2D eigenvalue weighted by molar-refractivity contribution is -0.145. The Hall–Kier alpha value is -1.12. The second-order valence-electron chi connectivity index (χ2n) is 5.58. The zero-order chi connectivity index (χ0) is 13.5. The minimum Gasteiger partial charge on any atom is -0.465 e. The van der Waals surface area contributed by atoms with E-state index in [1.807, 2.05) is 13.8 Å². The Kier molecular flexibility index (Phi) is 6.10. The fourth-order valence-electron chi connectivity index (χ4n) is 2.45. The van der Waals surface area contributed by atoms with Gasteiger partial charge in [0.1, 0.15) is 6.29 Å². The molecule has 0 aliphatic heterocycles. The lowest BCUT2D eigenvalue weighted by atomic mass is 9.75. The summed E-state index contributed by atoms with van der Waals surface area (Å²) in [5, 5.41) is 0. The highest BCUT2D eigenvalue weighted by molar-refractivity contribution is 5.70. The van der Waals surface area contributed by atoms with Crippen LogP contribution in [0.1, 0.15) is 46.0 Å². The van der Waals surface area contributed by atoms with E-state index in [0.29, 0.717) is 25.4 Å². The van der Waals surface area contributed by atoms with Gasteiger partial charge < -0.3 is 9.53 Å². The monoisotopic (exact) mass is 252 g/mol.